The van der Waals surface area contributed by atoms with Crippen LogP contribution in [0.25, 0.3) is 0 Å². The van der Waals surface area contributed by atoms with E-state index in [0.29, 0.717) is 13.0 Å². The lowest BCUT2D eigenvalue weighted by molar-refractivity contribution is -0.145. The minimum Gasteiger partial charge on any atom is -0.465 e. The van der Waals surface area contributed by atoms with Crippen LogP contribution in [-0.4, -0.2) is 37.9 Å². The van der Waals surface area contributed by atoms with Crippen LogP contribution >= 0.6 is 0 Å². The molecule has 0 aliphatic rings. The lowest BCUT2D eigenvalue weighted by Crippen LogP contribution is -2.50. The molecule has 0 spiro atoms. The van der Waals surface area contributed by atoms with Crippen LogP contribution in [0.15, 0.2) is 18.6 Å². The molecule has 0 aliphatic carbocycles. The van der Waals surface area contributed by atoms with Gasteiger partial charge in [-0.25, -0.2) is 0 Å². The fourth-order valence-electron chi connectivity index (χ4n) is 1.99. The fraction of sp³-hybridized carbons (Fsp3) is 0.688. The molecule has 1 aromatic rings. The third-order valence-electron chi connectivity index (χ3n) is 3.38. The number of carbonyl (C=O) groups excluding carboxylic acids is 1. The summed E-state index contributed by atoms with van der Waals surface area (Å²) in [6.07, 6.45) is 5.40. The second-order valence-corrected chi connectivity index (χ2v) is 9.03. The molecule has 1 rings (SSSR count). The zero-order valence-corrected chi connectivity index (χ0v) is 15.6. The number of carbonyl (C=O) groups is 1. The van der Waals surface area contributed by atoms with Crippen molar-refractivity contribution in [2.75, 3.05) is 6.61 Å². The van der Waals surface area contributed by atoms with Gasteiger partial charge in [0.2, 0.25) is 11.4 Å². The highest BCUT2D eigenvalue weighted by atomic mass is 32.2. The molecule has 0 amide bonds. The first-order valence-electron chi connectivity index (χ1n) is 7.70. The Labute approximate surface area is 141 Å². The minimum absolute atomic E-state index is 0.303. The van der Waals surface area contributed by atoms with E-state index >= 15 is 0 Å². The average molecular weight is 342 g/mol. The Kier molecular flexibility index (Phi) is 6.98. The fourth-order valence-corrected chi connectivity index (χ4v) is 2.79. The van der Waals surface area contributed by atoms with Crippen LogP contribution in [-0.2, 0) is 26.3 Å². The first-order chi connectivity index (χ1) is 10.6. The summed E-state index contributed by atoms with van der Waals surface area (Å²) >= 11 is -1.12. The summed E-state index contributed by atoms with van der Waals surface area (Å²) in [5.74, 6) is -0.361. The molecule has 0 saturated carbocycles. The van der Waals surface area contributed by atoms with Gasteiger partial charge in [0.25, 0.3) is 0 Å². The standard InChI is InChI=1S/C16H28N3O3S/c1-7-22-14(20)12(19-23(21)15(2,3)4)10-16(5,6)13-11-17-8-9-18-13/h8-9,11-12,19,21H,7,10H2,1-6H3/q+1/t12-,23?/m1/s1. The molecular formula is C16H28N3O3S+. The van der Waals surface area contributed by atoms with E-state index in [1.807, 2.05) is 34.6 Å². The van der Waals surface area contributed by atoms with Gasteiger partial charge in [-0.1, -0.05) is 18.6 Å². The number of esters is 1. The topological polar surface area (TPSA) is 84.3 Å². The van der Waals surface area contributed by atoms with Crippen molar-refractivity contribution in [3.8, 4) is 0 Å². The van der Waals surface area contributed by atoms with Gasteiger partial charge in [0, 0.05) is 24.0 Å². The lowest BCUT2D eigenvalue weighted by Gasteiger charge is -2.28. The highest BCUT2D eigenvalue weighted by Gasteiger charge is 2.41. The van der Waals surface area contributed by atoms with E-state index in [9.17, 15) is 9.35 Å². The molecule has 0 fully saturated rings. The maximum Gasteiger partial charge on any atom is 0.327 e. The SMILES string of the molecule is CCOC(=O)[C@@H](CC(C)(C)c1cnccn1)N[S+](O)C(C)(C)C. The Morgan fingerprint density at radius 2 is 2.00 bits per heavy atom. The first kappa shape index (κ1) is 19.9. The third kappa shape index (κ3) is 6.08. The summed E-state index contributed by atoms with van der Waals surface area (Å²) in [7, 11) is 0. The third-order valence-corrected chi connectivity index (χ3v) is 5.04. The molecule has 130 valence electrons. The van der Waals surface area contributed by atoms with E-state index in [2.05, 4.69) is 14.7 Å². The molecule has 1 aromatic heterocycles. The van der Waals surface area contributed by atoms with E-state index in [-0.39, 0.29) is 16.1 Å². The molecule has 0 saturated heterocycles. The molecule has 6 nitrogen and oxygen atoms in total. The maximum atomic E-state index is 12.3. The predicted molar refractivity (Wildman–Crippen MR) is 93.0 cm³/mol. The van der Waals surface area contributed by atoms with Crippen molar-refractivity contribution in [3.05, 3.63) is 24.3 Å². The highest BCUT2D eigenvalue weighted by molar-refractivity contribution is 7.90. The van der Waals surface area contributed by atoms with Crippen LogP contribution in [0.2, 0.25) is 0 Å². The monoisotopic (exact) mass is 342 g/mol. The van der Waals surface area contributed by atoms with E-state index in [4.69, 9.17) is 4.74 Å². The van der Waals surface area contributed by atoms with E-state index in [0.717, 1.165) is 5.69 Å². The van der Waals surface area contributed by atoms with Crippen molar-refractivity contribution in [3.63, 3.8) is 0 Å². The van der Waals surface area contributed by atoms with Gasteiger partial charge < -0.3 is 4.74 Å². The molecular weight excluding hydrogens is 314 g/mol. The molecule has 0 aromatic carbocycles. The Bertz CT molecular complexity index is 503. The molecule has 7 heteroatoms. The van der Waals surface area contributed by atoms with Crippen LogP contribution < -0.4 is 4.72 Å². The normalized spacial score (nSPS) is 15.1. The number of nitrogens with one attached hydrogen (secondary N) is 1. The van der Waals surface area contributed by atoms with Gasteiger partial charge in [0.1, 0.15) is 0 Å². The van der Waals surface area contributed by atoms with Gasteiger partial charge in [0.05, 0.1) is 12.3 Å². The summed E-state index contributed by atoms with van der Waals surface area (Å²) in [5.41, 5.74) is 0.408. The molecule has 0 bridgehead atoms. The first-order valence-corrected chi connectivity index (χ1v) is 8.89. The lowest BCUT2D eigenvalue weighted by atomic mass is 9.83. The molecule has 2 N–H and O–H groups in total. The number of hydrogen-bond donors (Lipinski definition) is 2. The van der Waals surface area contributed by atoms with Crippen molar-refractivity contribution >= 4 is 17.3 Å². The van der Waals surface area contributed by atoms with Crippen molar-refractivity contribution < 1.29 is 14.1 Å². The second kappa shape index (κ2) is 8.08. The zero-order valence-electron chi connectivity index (χ0n) is 14.8. The molecule has 1 heterocycles. The molecule has 0 radical (unpaired) electrons. The van der Waals surface area contributed by atoms with Gasteiger partial charge in [-0.05, 0) is 34.1 Å². The smallest absolute Gasteiger partial charge is 0.327 e. The average Bonchev–Trinajstić information content (AvgIpc) is 2.46. The van der Waals surface area contributed by atoms with Crippen LogP contribution in [0.1, 0.15) is 53.7 Å². The quantitative estimate of drug-likeness (QED) is 0.585. The van der Waals surface area contributed by atoms with Gasteiger partial charge in [-0.15, -0.1) is 0 Å². The maximum absolute atomic E-state index is 12.3. The van der Waals surface area contributed by atoms with Crippen LogP contribution in [0.3, 0.4) is 0 Å². The van der Waals surface area contributed by atoms with E-state index in [1.54, 1.807) is 25.5 Å². The van der Waals surface area contributed by atoms with Crippen molar-refractivity contribution in [1.82, 2.24) is 14.7 Å². The van der Waals surface area contributed by atoms with E-state index in [1.165, 1.54) is 0 Å². The number of hydrogen-bond acceptors (Lipinski definition) is 6. The van der Waals surface area contributed by atoms with E-state index < -0.39 is 17.4 Å². The Morgan fingerprint density at radius 1 is 1.35 bits per heavy atom. The summed E-state index contributed by atoms with van der Waals surface area (Å²) in [4.78, 5) is 20.7. The Balaban J connectivity index is 2.94. The van der Waals surface area contributed by atoms with Crippen LogP contribution in [0.5, 0.6) is 0 Å². The van der Waals surface area contributed by atoms with Gasteiger partial charge in [-0.2, -0.15) is 4.55 Å². The van der Waals surface area contributed by atoms with Crippen LogP contribution in [0, 0.1) is 0 Å². The van der Waals surface area contributed by atoms with Gasteiger partial charge in [0.15, 0.2) is 10.8 Å². The van der Waals surface area contributed by atoms with Crippen molar-refractivity contribution in [2.45, 2.75) is 64.2 Å². The number of nitrogens with zero attached hydrogens (tertiary/aromatic N) is 2. The molecule has 23 heavy (non-hydrogen) atoms. The molecule has 2 atom stereocenters. The number of ether oxygens (including phenoxy) is 1. The Morgan fingerprint density at radius 3 is 2.48 bits per heavy atom. The molecule has 0 aliphatic heterocycles. The van der Waals surface area contributed by atoms with Crippen LogP contribution in [0.4, 0.5) is 0 Å². The predicted octanol–water partition coefficient (Wildman–Crippen LogP) is 2.47. The summed E-state index contributed by atoms with van der Waals surface area (Å²) in [5, 5.41) is 0. The van der Waals surface area contributed by atoms with Crippen molar-refractivity contribution in [1.29, 1.82) is 0 Å². The van der Waals surface area contributed by atoms with Gasteiger partial charge in [-0.3, -0.25) is 14.8 Å². The second-order valence-electron chi connectivity index (χ2n) is 7.00. The number of aromatic nitrogens is 2. The zero-order chi connectivity index (χ0) is 17.7. The largest absolute Gasteiger partial charge is 0.465 e. The highest BCUT2D eigenvalue weighted by Crippen LogP contribution is 2.27. The Hall–Kier alpha value is -1.18. The number of rotatable bonds is 7. The summed E-state index contributed by atoms with van der Waals surface area (Å²) < 4.78 is 18.1. The van der Waals surface area contributed by atoms with Crippen molar-refractivity contribution in [2.24, 2.45) is 0 Å². The summed E-state index contributed by atoms with van der Waals surface area (Å²) in [6, 6.07) is -0.612. The minimum atomic E-state index is -1.12. The van der Waals surface area contributed by atoms with Gasteiger partial charge >= 0.3 is 5.97 Å². The molecule has 1 unspecified atom stereocenters. The summed E-state index contributed by atoms with van der Waals surface area (Å²) in [6.45, 7) is 11.8.